The van der Waals surface area contributed by atoms with Crippen LogP contribution in [0.5, 0.6) is 0 Å². The van der Waals surface area contributed by atoms with E-state index in [0.29, 0.717) is 0 Å². The van der Waals surface area contributed by atoms with Crippen molar-refractivity contribution >= 4 is 0 Å². The van der Waals surface area contributed by atoms with Crippen LogP contribution in [0.25, 0.3) is 0 Å². The molecule has 0 fully saturated rings. The molecule has 68 valence electrons. The lowest BCUT2D eigenvalue weighted by Crippen LogP contribution is -1.84. The highest BCUT2D eigenvalue weighted by Gasteiger charge is 1.91. The van der Waals surface area contributed by atoms with Gasteiger partial charge in [-0.25, -0.2) is 0 Å². The maximum absolute atomic E-state index is 2.16. The van der Waals surface area contributed by atoms with E-state index >= 15 is 0 Å². The number of hydrogen-bond donors (Lipinski definition) is 0. The number of allylic oxidation sites excluding steroid dienone is 4. The van der Waals surface area contributed by atoms with E-state index in [1.807, 2.05) is 6.92 Å². The van der Waals surface area contributed by atoms with Crippen molar-refractivity contribution in [3.8, 4) is 0 Å². The molecule has 0 aliphatic heterocycles. The summed E-state index contributed by atoms with van der Waals surface area (Å²) in [5.41, 5.74) is 2.77. The smallest absolute Gasteiger partial charge is 0.00668 e. The van der Waals surface area contributed by atoms with Gasteiger partial charge in [-0.15, -0.1) is 0 Å². The molecule has 0 nitrogen and oxygen atoms in total. The summed E-state index contributed by atoms with van der Waals surface area (Å²) in [6.07, 6.45) is 7.34. The number of hydrogen-bond acceptors (Lipinski definition) is 0. The van der Waals surface area contributed by atoms with Crippen LogP contribution in [0.2, 0.25) is 0 Å². The molecule has 0 aliphatic rings. The minimum Gasteiger partial charge on any atom is -0.0877 e. The van der Waals surface area contributed by atoms with Crippen LogP contribution in [0.3, 0.4) is 0 Å². The van der Waals surface area contributed by atoms with Crippen molar-refractivity contribution in [3.63, 3.8) is 0 Å². The molecular weight excluding hydrogens is 156 g/mol. The summed E-state index contributed by atoms with van der Waals surface area (Å²) < 4.78 is 0. The third kappa shape index (κ3) is 3.75. The quantitative estimate of drug-likeness (QED) is 0.609. The minimum atomic E-state index is 1.05. The van der Waals surface area contributed by atoms with Crippen molar-refractivity contribution in [1.29, 1.82) is 0 Å². The fourth-order valence-corrected chi connectivity index (χ4v) is 1.24. The van der Waals surface area contributed by atoms with E-state index in [-0.39, 0.29) is 0 Å². The fourth-order valence-electron chi connectivity index (χ4n) is 1.24. The van der Waals surface area contributed by atoms with Gasteiger partial charge < -0.3 is 0 Å². The Labute approximate surface area is 80.6 Å². The average Bonchev–Trinajstić information content (AvgIpc) is 2.16. The molecule has 0 heterocycles. The van der Waals surface area contributed by atoms with Crippen LogP contribution in [0.1, 0.15) is 19.4 Å². The first-order valence-electron chi connectivity index (χ1n) is 4.65. The van der Waals surface area contributed by atoms with Gasteiger partial charge in [0, 0.05) is 0 Å². The zero-order valence-corrected chi connectivity index (χ0v) is 8.33. The summed E-state index contributed by atoms with van der Waals surface area (Å²) >= 11 is 0. The summed E-state index contributed by atoms with van der Waals surface area (Å²) in [7, 11) is 0. The zero-order valence-electron chi connectivity index (χ0n) is 8.33. The second kappa shape index (κ2) is 5.36. The van der Waals surface area contributed by atoms with Gasteiger partial charge in [-0.3, -0.25) is 0 Å². The molecule has 0 aliphatic carbocycles. The van der Waals surface area contributed by atoms with Crippen LogP contribution < -0.4 is 0 Å². The normalized spacial score (nSPS) is 12.3. The highest BCUT2D eigenvalue weighted by atomic mass is 14.0. The highest BCUT2D eigenvalue weighted by molar-refractivity contribution is 5.22. The summed E-state index contributed by atoms with van der Waals surface area (Å²) in [5.74, 6) is 0. The van der Waals surface area contributed by atoms with Crippen molar-refractivity contribution in [1.82, 2.24) is 0 Å². The van der Waals surface area contributed by atoms with Crippen LogP contribution in [0, 0.1) is 0 Å². The Kier molecular flexibility index (Phi) is 4.04. The van der Waals surface area contributed by atoms with Crippen LogP contribution in [-0.2, 0) is 6.42 Å². The van der Waals surface area contributed by atoms with Gasteiger partial charge in [0.15, 0.2) is 0 Å². The first-order valence-corrected chi connectivity index (χ1v) is 4.65. The first kappa shape index (κ1) is 9.79. The predicted molar refractivity (Wildman–Crippen MR) is 58.7 cm³/mol. The Bertz CT molecular complexity index is 291. The fraction of sp³-hybridized carbons (Fsp3) is 0.231. The topological polar surface area (TPSA) is 0 Å². The van der Waals surface area contributed by atoms with E-state index < -0.39 is 0 Å². The monoisotopic (exact) mass is 172 g/mol. The zero-order chi connectivity index (χ0) is 9.52. The standard InChI is InChI=1S/C13H16/c1-3-4-8-12(2)11-13-9-6-5-7-10-13/h3-10H,11H2,1-2H3/b4-3+,12-8-. The molecule has 0 N–H and O–H groups in total. The van der Waals surface area contributed by atoms with Crippen molar-refractivity contribution in [3.05, 3.63) is 59.7 Å². The lowest BCUT2D eigenvalue weighted by Gasteiger charge is -1.99. The minimum absolute atomic E-state index is 1.05. The van der Waals surface area contributed by atoms with Gasteiger partial charge in [-0.1, -0.05) is 54.1 Å². The summed E-state index contributed by atoms with van der Waals surface area (Å²) in [6.45, 7) is 4.19. The third-order valence-corrected chi connectivity index (χ3v) is 1.90. The molecule has 0 spiro atoms. The first-order chi connectivity index (χ1) is 6.33. The molecule has 13 heavy (non-hydrogen) atoms. The summed E-state index contributed by atoms with van der Waals surface area (Å²) in [5, 5.41) is 0. The molecule has 0 radical (unpaired) electrons. The van der Waals surface area contributed by atoms with Crippen molar-refractivity contribution in [2.75, 3.05) is 0 Å². The number of rotatable bonds is 3. The van der Waals surface area contributed by atoms with Crippen LogP contribution in [0.15, 0.2) is 54.1 Å². The van der Waals surface area contributed by atoms with Gasteiger partial charge in [0.25, 0.3) is 0 Å². The van der Waals surface area contributed by atoms with E-state index in [1.165, 1.54) is 11.1 Å². The van der Waals surface area contributed by atoms with E-state index in [4.69, 9.17) is 0 Å². The second-order valence-corrected chi connectivity index (χ2v) is 3.20. The second-order valence-electron chi connectivity index (χ2n) is 3.20. The molecule has 0 amide bonds. The van der Waals surface area contributed by atoms with Crippen molar-refractivity contribution in [2.45, 2.75) is 20.3 Å². The van der Waals surface area contributed by atoms with Gasteiger partial charge in [-0.05, 0) is 25.8 Å². The molecule has 0 saturated carbocycles. The van der Waals surface area contributed by atoms with Gasteiger partial charge >= 0.3 is 0 Å². The van der Waals surface area contributed by atoms with Crippen molar-refractivity contribution in [2.24, 2.45) is 0 Å². The molecule has 1 aromatic rings. The molecule has 1 aromatic carbocycles. The predicted octanol–water partition coefficient (Wildman–Crippen LogP) is 3.75. The SMILES string of the molecule is C/C=C/C=C(/C)Cc1ccccc1. The Hall–Kier alpha value is -1.30. The number of benzene rings is 1. The van der Waals surface area contributed by atoms with Crippen LogP contribution in [0.4, 0.5) is 0 Å². The molecule has 0 heteroatoms. The molecule has 0 bridgehead atoms. The maximum atomic E-state index is 2.16. The summed E-state index contributed by atoms with van der Waals surface area (Å²) in [6, 6.07) is 10.5. The molecule has 0 atom stereocenters. The molecule has 0 saturated heterocycles. The van der Waals surface area contributed by atoms with E-state index in [9.17, 15) is 0 Å². The largest absolute Gasteiger partial charge is 0.0877 e. The van der Waals surface area contributed by atoms with E-state index in [2.05, 4.69) is 55.5 Å². The molecule has 0 unspecified atom stereocenters. The Morgan fingerprint density at radius 2 is 1.92 bits per heavy atom. The molecule has 1 rings (SSSR count). The average molecular weight is 172 g/mol. The Balaban J connectivity index is 2.60. The van der Waals surface area contributed by atoms with Gasteiger partial charge in [0.2, 0.25) is 0 Å². The lowest BCUT2D eigenvalue weighted by molar-refractivity contribution is 1.14. The third-order valence-electron chi connectivity index (χ3n) is 1.90. The van der Waals surface area contributed by atoms with E-state index in [1.54, 1.807) is 0 Å². The van der Waals surface area contributed by atoms with E-state index in [0.717, 1.165) is 6.42 Å². The van der Waals surface area contributed by atoms with Crippen molar-refractivity contribution < 1.29 is 0 Å². The maximum Gasteiger partial charge on any atom is -0.00668 e. The molecule has 0 aromatic heterocycles. The summed E-state index contributed by atoms with van der Waals surface area (Å²) in [4.78, 5) is 0. The van der Waals surface area contributed by atoms with Gasteiger partial charge in [0.1, 0.15) is 0 Å². The van der Waals surface area contributed by atoms with Gasteiger partial charge in [-0.2, -0.15) is 0 Å². The Morgan fingerprint density at radius 3 is 2.54 bits per heavy atom. The Morgan fingerprint density at radius 1 is 1.23 bits per heavy atom. The lowest BCUT2D eigenvalue weighted by atomic mass is 10.1. The molecular formula is C13H16. The van der Waals surface area contributed by atoms with Crippen LogP contribution >= 0.6 is 0 Å². The van der Waals surface area contributed by atoms with Crippen LogP contribution in [-0.4, -0.2) is 0 Å². The van der Waals surface area contributed by atoms with Gasteiger partial charge in [0.05, 0.1) is 0 Å². The highest BCUT2D eigenvalue weighted by Crippen LogP contribution is 2.06.